The van der Waals surface area contributed by atoms with Crippen molar-refractivity contribution in [3.8, 4) is 0 Å². The van der Waals surface area contributed by atoms with Crippen molar-refractivity contribution in [2.24, 2.45) is 5.92 Å². The number of carbonyl (C=O) groups is 1. The number of amides is 1. The molecule has 0 aliphatic carbocycles. The third-order valence-electron chi connectivity index (χ3n) is 3.77. The molecule has 1 amide bonds. The highest BCUT2D eigenvalue weighted by atomic mass is 32.2. The molecule has 1 unspecified atom stereocenters. The fraction of sp³-hybridized carbons (Fsp3) is 0.562. The van der Waals surface area contributed by atoms with E-state index in [9.17, 15) is 4.79 Å². The average Bonchev–Trinajstić information content (AvgIpc) is 2.48. The third kappa shape index (κ3) is 4.84. The normalized spacial score (nSPS) is 17.7. The first-order valence-corrected chi connectivity index (χ1v) is 8.49. The molecule has 1 heterocycles. The van der Waals surface area contributed by atoms with Crippen LogP contribution in [0.25, 0.3) is 0 Å². The molecule has 0 bridgehead atoms. The van der Waals surface area contributed by atoms with Gasteiger partial charge in [-0.15, -0.1) is 0 Å². The van der Waals surface area contributed by atoms with Crippen LogP contribution in [0, 0.1) is 12.8 Å². The molecule has 1 aliphatic heterocycles. The van der Waals surface area contributed by atoms with Crippen molar-refractivity contribution in [2.45, 2.75) is 32.7 Å². The molecule has 4 heteroatoms. The summed E-state index contributed by atoms with van der Waals surface area (Å²) in [4.78, 5) is 12.1. The van der Waals surface area contributed by atoms with Crippen LogP contribution in [0.4, 0.5) is 5.69 Å². The van der Waals surface area contributed by atoms with Crippen LogP contribution in [0.2, 0.25) is 0 Å². The van der Waals surface area contributed by atoms with E-state index in [4.69, 9.17) is 0 Å². The van der Waals surface area contributed by atoms with Crippen LogP contribution in [-0.2, 0) is 4.79 Å². The van der Waals surface area contributed by atoms with Crippen molar-refractivity contribution >= 4 is 23.4 Å². The first-order chi connectivity index (χ1) is 9.65. The zero-order valence-corrected chi connectivity index (χ0v) is 13.1. The molecule has 0 aromatic heterocycles. The number of aryl methyl sites for hydroxylation is 1. The van der Waals surface area contributed by atoms with Gasteiger partial charge in [-0.05, 0) is 62.8 Å². The lowest BCUT2D eigenvalue weighted by Crippen LogP contribution is -2.41. The maximum Gasteiger partial charge on any atom is 0.241 e. The molecule has 110 valence electrons. The second-order valence-electron chi connectivity index (χ2n) is 5.54. The molecule has 2 N–H and O–H groups in total. The second kappa shape index (κ2) is 7.70. The Balaban J connectivity index is 1.75. The SMILES string of the molecule is Cc1ccc(NC(=O)C(C)NCC2CCSCC2)cc1. The van der Waals surface area contributed by atoms with Gasteiger partial charge in [0.1, 0.15) is 0 Å². The maximum absolute atomic E-state index is 12.1. The van der Waals surface area contributed by atoms with Crippen molar-refractivity contribution in [3.05, 3.63) is 29.8 Å². The standard InChI is InChI=1S/C16H24N2OS/c1-12-3-5-15(6-4-12)18-16(19)13(2)17-11-14-7-9-20-10-8-14/h3-6,13-14,17H,7-11H2,1-2H3,(H,18,19). The van der Waals surface area contributed by atoms with Crippen LogP contribution in [0.1, 0.15) is 25.3 Å². The summed E-state index contributed by atoms with van der Waals surface area (Å²) >= 11 is 2.04. The highest BCUT2D eigenvalue weighted by Gasteiger charge is 2.17. The molecule has 1 aliphatic rings. The largest absolute Gasteiger partial charge is 0.325 e. The van der Waals surface area contributed by atoms with E-state index in [1.54, 1.807) is 0 Å². The summed E-state index contributed by atoms with van der Waals surface area (Å²) in [5.74, 6) is 3.29. The molecule has 3 nitrogen and oxygen atoms in total. The lowest BCUT2D eigenvalue weighted by Gasteiger charge is -2.23. The van der Waals surface area contributed by atoms with Gasteiger partial charge in [-0.1, -0.05) is 17.7 Å². The number of hydrogen-bond acceptors (Lipinski definition) is 3. The van der Waals surface area contributed by atoms with Crippen molar-refractivity contribution in [1.82, 2.24) is 5.32 Å². The van der Waals surface area contributed by atoms with E-state index in [1.165, 1.54) is 29.9 Å². The van der Waals surface area contributed by atoms with Gasteiger partial charge in [-0.3, -0.25) is 4.79 Å². The van der Waals surface area contributed by atoms with E-state index in [0.717, 1.165) is 18.2 Å². The van der Waals surface area contributed by atoms with E-state index in [-0.39, 0.29) is 11.9 Å². The van der Waals surface area contributed by atoms with Crippen molar-refractivity contribution < 1.29 is 4.79 Å². The summed E-state index contributed by atoms with van der Waals surface area (Å²) in [7, 11) is 0. The molecule has 1 aromatic rings. The van der Waals surface area contributed by atoms with Crippen molar-refractivity contribution in [3.63, 3.8) is 0 Å². The topological polar surface area (TPSA) is 41.1 Å². The van der Waals surface area contributed by atoms with Crippen LogP contribution in [0.5, 0.6) is 0 Å². The average molecular weight is 292 g/mol. The van der Waals surface area contributed by atoms with E-state index in [1.807, 2.05) is 49.9 Å². The Morgan fingerprint density at radius 3 is 2.60 bits per heavy atom. The Morgan fingerprint density at radius 2 is 1.95 bits per heavy atom. The van der Waals surface area contributed by atoms with Crippen LogP contribution in [0.3, 0.4) is 0 Å². The molecule has 20 heavy (non-hydrogen) atoms. The van der Waals surface area contributed by atoms with Crippen LogP contribution >= 0.6 is 11.8 Å². The summed E-state index contributed by atoms with van der Waals surface area (Å²) in [6, 6.07) is 7.75. The number of thioether (sulfide) groups is 1. The number of hydrogen-bond donors (Lipinski definition) is 2. The molecule has 1 fully saturated rings. The summed E-state index contributed by atoms with van der Waals surface area (Å²) in [5.41, 5.74) is 2.06. The summed E-state index contributed by atoms with van der Waals surface area (Å²) < 4.78 is 0. The minimum Gasteiger partial charge on any atom is -0.325 e. The zero-order valence-electron chi connectivity index (χ0n) is 12.3. The number of carbonyl (C=O) groups excluding carboxylic acids is 1. The Morgan fingerprint density at radius 1 is 1.30 bits per heavy atom. The van der Waals surface area contributed by atoms with Crippen molar-refractivity contribution in [2.75, 3.05) is 23.4 Å². The lowest BCUT2D eigenvalue weighted by molar-refractivity contribution is -0.117. The monoisotopic (exact) mass is 292 g/mol. The van der Waals surface area contributed by atoms with Gasteiger partial charge in [0.15, 0.2) is 0 Å². The Hall–Kier alpha value is -1.00. The minimum atomic E-state index is -0.147. The van der Waals surface area contributed by atoms with Gasteiger partial charge < -0.3 is 10.6 Å². The fourth-order valence-corrected chi connectivity index (χ4v) is 3.48. The Labute approximate surface area is 125 Å². The third-order valence-corrected chi connectivity index (χ3v) is 4.81. The van der Waals surface area contributed by atoms with Gasteiger partial charge in [-0.2, -0.15) is 11.8 Å². The molecule has 1 saturated heterocycles. The molecule has 1 atom stereocenters. The highest BCUT2D eigenvalue weighted by molar-refractivity contribution is 7.99. The molecular formula is C16H24N2OS. The van der Waals surface area contributed by atoms with Crippen molar-refractivity contribution in [1.29, 1.82) is 0 Å². The first-order valence-electron chi connectivity index (χ1n) is 7.34. The smallest absolute Gasteiger partial charge is 0.241 e. The van der Waals surface area contributed by atoms with Gasteiger partial charge >= 0.3 is 0 Å². The summed E-state index contributed by atoms with van der Waals surface area (Å²) in [6.07, 6.45) is 2.54. The molecule has 2 rings (SSSR count). The van der Waals surface area contributed by atoms with Gasteiger partial charge in [0.05, 0.1) is 6.04 Å². The molecule has 0 radical (unpaired) electrons. The van der Waals surface area contributed by atoms with E-state index in [2.05, 4.69) is 10.6 Å². The van der Waals surface area contributed by atoms with Crippen LogP contribution < -0.4 is 10.6 Å². The highest BCUT2D eigenvalue weighted by Crippen LogP contribution is 2.22. The van der Waals surface area contributed by atoms with E-state index in [0.29, 0.717) is 0 Å². The van der Waals surface area contributed by atoms with E-state index < -0.39 is 0 Å². The predicted molar refractivity (Wildman–Crippen MR) is 87.3 cm³/mol. The molecule has 0 spiro atoms. The number of benzene rings is 1. The van der Waals surface area contributed by atoms with Gasteiger partial charge in [0, 0.05) is 5.69 Å². The quantitative estimate of drug-likeness (QED) is 0.876. The van der Waals surface area contributed by atoms with Crippen LogP contribution in [0.15, 0.2) is 24.3 Å². The first kappa shape index (κ1) is 15.4. The van der Waals surface area contributed by atoms with Crippen LogP contribution in [-0.4, -0.2) is 30.0 Å². The molecule has 0 saturated carbocycles. The summed E-state index contributed by atoms with van der Waals surface area (Å²) in [6.45, 7) is 4.92. The van der Waals surface area contributed by atoms with Gasteiger partial charge in [0.2, 0.25) is 5.91 Å². The number of rotatable bonds is 5. The predicted octanol–water partition coefficient (Wildman–Crippen LogP) is 3.05. The molecule has 1 aromatic carbocycles. The Bertz CT molecular complexity index is 427. The summed E-state index contributed by atoms with van der Waals surface area (Å²) in [5, 5.41) is 6.31. The minimum absolute atomic E-state index is 0.0408. The fourth-order valence-electron chi connectivity index (χ4n) is 2.27. The second-order valence-corrected chi connectivity index (χ2v) is 6.77. The Kier molecular flexibility index (Phi) is 5.92. The lowest BCUT2D eigenvalue weighted by atomic mass is 10.0. The van der Waals surface area contributed by atoms with Gasteiger partial charge in [0.25, 0.3) is 0 Å². The number of nitrogens with one attached hydrogen (secondary N) is 2. The van der Waals surface area contributed by atoms with Gasteiger partial charge in [-0.25, -0.2) is 0 Å². The zero-order chi connectivity index (χ0) is 14.4. The maximum atomic E-state index is 12.1. The number of anilines is 1. The molecular weight excluding hydrogens is 268 g/mol. The van der Waals surface area contributed by atoms with E-state index >= 15 is 0 Å².